The maximum Gasteiger partial charge on any atom is 0.410 e. The second-order valence-corrected chi connectivity index (χ2v) is 5.39. The van der Waals surface area contributed by atoms with Crippen molar-refractivity contribution in [2.75, 3.05) is 19.7 Å². The van der Waals surface area contributed by atoms with Crippen LogP contribution in [-0.4, -0.2) is 36.3 Å². The van der Waals surface area contributed by atoms with Crippen LogP contribution < -0.4 is 0 Å². The van der Waals surface area contributed by atoms with Crippen LogP contribution in [0.15, 0.2) is 30.3 Å². The first-order chi connectivity index (χ1) is 9.27. The first kappa shape index (κ1) is 12.5. The van der Waals surface area contributed by atoms with Gasteiger partial charge in [0.1, 0.15) is 12.2 Å². The summed E-state index contributed by atoms with van der Waals surface area (Å²) in [6, 6.07) is 9.76. The van der Waals surface area contributed by atoms with Crippen LogP contribution in [-0.2, 0) is 16.1 Å². The fraction of sp³-hybridized carbons (Fsp3) is 0.533. The molecule has 1 aromatic rings. The number of carbonyl (C=O) groups excluding carboxylic acids is 1. The van der Waals surface area contributed by atoms with Crippen LogP contribution in [0.25, 0.3) is 0 Å². The molecule has 0 N–H and O–H groups in total. The van der Waals surface area contributed by atoms with Gasteiger partial charge in [0.05, 0.1) is 13.2 Å². The maximum absolute atomic E-state index is 12.1. The zero-order chi connectivity index (χ0) is 13.1. The van der Waals surface area contributed by atoms with Crippen LogP contribution in [0.2, 0.25) is 0 Å². The second-order valence-electron chi connectivity index (χ2n) is 5.39. The van der Waals surface area contributed by atoms with Crippen LogP contribution >= 0.6 is 0 Å². The summed E-state index contributed by atoms with van der Waals surface area (Å²) in [6.07, 6.45) is 3.00. The molecule has 0 saturated carbocycles. The number of amides is 1. The Bertz CT molecular complexity index is 442. The van der Waals surface area contributed by atoms with Crippen LogP contribution in [0, 0.1) is 0 Å². The van der Waals surface area contributed by atoms with E-state index in [2.05, 4.69) is 0 Å². The Morgan fingerprint density at radius 3 is 2.84 bits per heavy atom. The monoisotopic (exact) mass is 261 g/mol. The van der Waals surface area contributed by atoms with Gasteiger partial charge in [-0.25, -0.2) is 4.79 Å². The van der Waals surface area contributed by atoms with Crippen molar-refractivity contribution in [1.82, 2.24) is 4.90 Å². The van der Waals surface area contributed by atoms with E-state index < -0.39 is 0 Å². The van der Waals surface area contributed by atoms with Crippen molar-refractivity contribution in [2.24, 2.45) is 0 Å². The first-order valence-electron chi connectivity index (χ1n) is 6.87. The summed E-state index contributed by atoms with van der Waals surface area (Å²) in [5, 5.41) is 0. The van der Waals surface area contributed by atoms with E-state index in [0.29, 0.717) is 13.2 Å². The second kappa shape index (κ2) is 5.21. The number of likely N-dealkylation sites (tertiary alicyclic amines) is 1. The molecule has 4 heteroatoms. The third kappa shape index (κ3) is 3.07. The van der Waals surface area contributed by atoms with Crippen molar-refractivity contribution in [3.63, 3.8) is 0 Å². The number of hydrogen-bond acceptors (Lipinski definition) is 3. The minimum absolute atomic E-state index is 0.0533. The molecule has 0 bridgehead atoms. The van der Waals surface area contributed by atoms with Crippen molar-refractivity contribution >= 4 is 6.09 Å². The van der Waals surface area contributed by atoms with Crippen molar-refractivity contribution in [3.05, 3.63) is 35.9 Å². The molecule has 19 heavy (non-hydrogen) atoms. The lowest BCUT2D eigenvalue weighted by molar-refractivity contribution is 0.0890. The lowest BCUT2D eigenvalue weighted by atomic mass is 10.1. The summed E-state index contributed by atoms with van der Waals surface area (Å²) in [5.41, 5.74) is 0.963. The van der Waals surface area contributed by atoms with E-state index >= 15 is 0 Å². The van der Waals surface area contributed by atoms with Crippen LogP contribution in [0.5, 0.6) is 0 Å². The van der Waals surface area contributed by atoms with Gasteiger partial charge in [0.25, 0.3) is 0 Å². The maximum atomic E-state index is 12.1. The number of carbonyl (C=O) groups is 1. The van der Waals surface area contributed by atoms with Gasteiger partial charge in [-0.3, -0.25) is 0 Å². The van der Waals surface area contributed by atoms with Gasteiger partial charge in [0.15, 0.2) is 0 Å². The van der Waals surface area contributed by atoms with Crippen molar-refractivity contribution in [2.45, 2.75) is 31.5 Å². The van der Waals surface area contributed by atoms with Gasteiger partial charge in [0.2, 0.25) is 0 Å². The molecule has 4 nitrogen and oxygen atoms in total. The van der Waals surface area contributed by atoms with Gasteiger partial charge in [-0.2, -0.15) is 0 Å². The summed E-state index contributed by atoms with van der Waals surface area (Å²) in [4.78, 5) is 13.9. The zero-order valence-corrected chi connectivity index (χ0v) is 11.0. The minimum atomic E-state index is -0.222. The Balaban J connectivity index is 1.54. The van der Waals surface area contributed by atoms with Gasteiger partial charge < -0.3 is 14.4 Å². The number of hydrogen-bond donors (Lipinski definition) is 0. The summed E-state index contributed by atoms with van der Waals surface area (Å²) in [6.45, 7) is 2.58. The molecular formula is C15H19NO3. The molecule has 2 fully saturated rings. The lowest BCUT2D eigenvalue weighted by Crippen LogP contribution is -2.38. The van der Waals surface area contributed by atoms with Gasteiger partial charge in [-0.1, -0.05) is 30.3 Å². The average molecular weight is 261 g/mol. The quantitative estimate of drug-likeness (QED) is 0.768. The molecule has 1 amide bonds. The predicted molar refractivity (Wildman–Crippen MR) is 70.7 cm³/mol. The van der Waals surface area contributed by atoms with E-state index in [9.17, 15) is 4.79 Å². The largest absolute Gasteiger partial charge is 0.445 e. The summed E-state index contributed by atoms with van der Waals surface area (Å²) < 4.78 is 10.9. The molecule has 1 aromatic carbocycles. The number of rotatable bonds is 2. The fourth-order valence-electron chi connectivity index (χ4n) is 2.56. The lowest BCUT2D eigenvalue weighted by Gasteiger charge is -2.22. The molecule has 1 spiro atoms. The highest BCUT2D eigenvalue weighted by Crippen LogP contribution is 2.35. The van der Waals surface area contributed by atoms with E-state index in [1.54, 1.807) is 4.90 Å². The van der Waals surface area contributed by atoms with Crippen LogP contribution in [0.4, 0.5) is 4.79 Å². The SMILES string of the molecule is O=C(OCc1ccccc1)N1CCCCC2(CO2)C1. The molecule has 0 radical (unpaired) electrons. The average Bonchev–Trinajstić information content (AvgIpc) is 3.24. The van der Waals surface area contributed by atoms with Crippen LogP contribution in [0.3, 0.4) is 0 Å². The van der Waals surface area contributed by atoms with E-state index in [1.807, 2.05) is 30.3 Å². The smallest absolute Gasteiger partial charge is 0.410 e. The highest BCUT2D eigenvalue weighted by atomic mass is 16.6. The Morgan fingerprint density at radius 1 is 1.32 bits per heavy atom. The Labute approximate surface area is 113 Å². The van der Waals surface area contributed by atoms with Gasteiger partial charge in [0, 0.05) is 6.54 Å². The highest BCUT2D eigenvalue weighted by molar-refractivity contribution is 5.67. The van der Waals surface area contributed by atoms with E-state index in [0.717, 1.165) is 38.0 Å². The molecule has 2 saturated heterocycles. The molecule has 2 aliphatic heterocycles. The Hall–Kier alpha value is -1.55. The molecule has 0 aliphatic carbocycles. The zero-order valence-electron chi connectivity index (χ0n) is 11.0. The Morgan fingerprint density at radius 2 is 2.11 bits per heavy atom. The number of ether oxygens (including phenoxy) is 2. The number of benzene rings is 1. The highest BCUT2D eigenvalue weighted by Gasteiger charge is 2.47. The third-order valence-corrected chi connectivity index (χ3v) is 3.81. The summed E-state index contributed by atoms with van der Waals surface area (Å²) >= 11 is 0. The molecule has 0 aromatic heterocycles. The van der Waals surface area contributed by atoms with E-state index in [4.69, 9.17) is 9.47 Å². The van der Waals surface area contributed by atoms with Gasteiger partial charge >= 0.3 is 6.09 Å². The van der Waals surface area contributed by atoms with Crippen molar-refractivity contribution in [1.29, 1.82) is 0 Å². The summed E-state index contributed by atoms with van der Waals surface area (Å²) in [5.74, 6) is 0. The first-order valence-corrected chi connectivity index (χ1v) is 6.87. The van der Waals surface area contributed by atoms with Crippen LogP contribution in [0.1, 0.15) is 24.8 Å². The molecule has 1 unspecified atom stereocenters. The molecular weight excluding hydrogens is 242 g/mol. The standard InChI is InChI=1S/C15H19NO3/c17-14(18-10-13-6-2-1-3-7-13)16-9-5-4-8-15(11-16)12-19-15/h1-3,6-7H,4-5,8-12H2. The predicted octanol–water partition coefficient (Wildman–Crippen LogP) is 2.58. The molecule has 2 heterocycles. The van der Waals surface area contributed by atoms with Crippen molar-refractivity contribution < 1.29 is 14.3 Å². The molecule has 102 valence electrons. The molecule has 2 aliphatic rings. The molecule has 3 rings (SSSR count). The number of epoxide rings is 1. The van der Waals surface area contributed by atoms with Crippen molar-refractivity contribution in [3.8, 4) is 0 Å². The summed E-state index contributed by atoms with van der Waals surface area (Å²) in [7, 11) is 0. The van der Waals surface area contributed by atoms with Gasteiger partial charge in [-0.15, -0.1) is 0 Å². The normalized spacial score (nSPS) is 26.0. The number of nitrogens with zero attached hydrogens (tertiary/aromatic N) is 1. The minimum Gasteiger partial charge on any atom is -0.445 e. The van der Waals surface area contributed by atoms with Gasteiger partial charge in [-0.05, 0) is 24.8 Å². The fourth-order valence-corrected chi connectivity index (χ4v) is 2.56. The molecule has 1 atom stereocenters. The Kier molecular flexibility index (Phi) is 3.42. The topological polar surface area (TPSA) is 42.1 Å². The van der Waals surface area contributed by atoms with E-state index in [1.165, 1.54) is 0 Å². The third-order valence-electron chi connectivity index (χ3n) is 3.81. The van der Waals surface area contributed by atoms with E-state index in [-0.39, 0.29) is 11.7 Å².